The summed E-state index contributed by atoms with van der Waals surface area (Å²) in [4.78, 5) is 18.3. The van der Waals surface area contributed by atoms with Crippen LogP contribution >= 0.6 is 0 Å². The Labute approximate surface area is 125 Å². The third-order valence-corrected chi connectivity index (χ3v) is 3.63. The molecule has 0 unspecified atom stereocenters. The van der Waals surface area contributed by atoms with Crippen molar-refractivity contribution in [3.63, 3.8) is 0 Å². The normalized spacial score (nSPS) is 19.2. The van der Waals surface area contributed by atoms with Gasteiger partial charge in [0.05, 0.1) is 5.92 Å². The number of likely N-dealkylation sites (tertiary alicyclic amines) is 1. The van der Waals surface area contributed by atoms with E-state index in [1.165, 1.54) is 0 Å². The Kier molecular flexibility index (Phi) is 5.73. The van der Waals surface area contributed by atoms with Gasteiger partial charge < -0.3 is 14.2 Å². The van der Waals surface area contributed by atoms with Gasteiger partial charge in [0, 0.05) is 26.1 Å². The molecule has 0 bridgehead atoms. The Hall–Kier alpha value is -1.43. The molecule has 118 valence electrons. The maximum atomic E-state index is 12.0. The molecule has 1 saturated heterocycles. The first-order valence-corrected chi connectivity index (χ1v) is 7.78. The van der Waals surface area contributed by atoms with Gasteiger partial charge in [-0.2, -0.15) is 4.98 Å². The summed E-state index contributed by atoms with van der Waals surface area (Å²) in [6.07, 6.45) is 2.77. The molecule has 0 radical (unpaired) electrons. The fraction of sp³-hybridized carbons (Fsp3) is 0.800. The minimum Gasteiger partial charge on any atom is -0.372 e. The zero-order valence-electron chi connectivity index (χ0n) is 13.2. The summed E-state index contributed by atoms with van der Waals surface area (Å²) in [6.45, 7) is 8.30. The van der Waals surface area contributed by atoms with Crippen LogP contribution in [0.3, 0.4) is 0 Å². The summed E-state index contributed by atoms with van der Waals surface area (Å²) >= 11 is 0. The molecule has 1 atom stereocenters. The number of hydrogen-bond acceptors (Lipinski definition) is 5. The molecule has 1 aromatic rings. The Balaban J connectivity index is 1.94. The van der Waals surface area contributed by atoms with Crippen LogP contribution in [0.15, 0.2) is 4.52 Å². The van der Waals surface area contributed by atoms with Gasteiger partial charge in [0.25, 0.3) is 0 Å². The van der Waals surface area contributed by atoms with Crippen molar-refractivity contribution in [3.8, 4) is 0 Å². The van der Waals surface area contributed by atoms with E-state index < -0.39 is 0 Å². The van der Waals surface area contributed by atoms with Crippen molar-refractivity contribution in [2.45, 2.75) is 46.0 Å². The van der Waals surface area contributed by atoms with E-state index in [0.29, 0.717) is 25.0 Å². The lowest BCUT2D eigenvalue weighted by Gasteiger charge is -2.30. The van der Waals surface area contributed by atoms with Gasteiger partial charge in [-0.3, -0.25) is 4.79 Å². The maximum Gasteiger partial charge on any atom is 0.248 e. The molecular weight excluding hydrogens is 270 g/mol. The van der Waals surface area contributed by atoms with Crippen molar-refractivity contribution >= 4 is 5.91 Å². The lowest BCUT2D eigenvalue weighted by molar-refractivity contribution is -0.137. The van der Waals surface area contributed by atoms with Crippen molar-refractivity contribution < 1.29 is 14.1 Å². The van der Waals surface area contributed by atoms with Gasteiger partial charge in [-0.05, 0) is 25.7 Å². The number of nitrogens with zero attached hydrogens (tertiary/aromatic N) is 3. The summed E-state index contributed by atoms with van der Waals surface area (Å²) < 4.78 is 10.6. The number of rotatable bonds is 6. The largest absolute Gasteiger partial charge is 0.372 e. The SMILES string of the molecule is CCOCC(=O)N1CCC[C@@H](c2nc(CC(C)C)no2)C1. The summed E-state index contributed by atoms with van der Waals surface area (Å²) in [5.74, 6) is 2.13. The van der Waals surface area contributed by atoms with Gasteiger partial charge in [-0.1, -0.05) is 19.0 Å². The van der Waals surface area contributed by atoms with Gasteiger partial charge in [-0.25, -0.2) is 0 Å². The third kappa shape index (κ3) is 4.52. The second-order valence-corrected chi connectivity index (χ2v) is 5.96. The Bertz CT molecular complexity index is 459. The van der Waals surface area contributed by atoms with E-state index in [4.69, 9.17) is 9.26 Å². The first-order chi connectivity index (χ1) is 10.1. The molecule has 1 aromatic heterocycles. The lowest BCUT2D eigenvalue weighted by atomic mass is 9.98. The van der Waals surface area contributed by atoms with E-state index in [9.17, 15) is 4.79 Å². The van der Waals surface area contributed by atoms with Crippen molar-refractivity contribution in [2.24, 2.45) is 5.92 Å². The molecule has 2 heterocycles. The number of hydrogen-bond donors (Lipinski definition) is 0. The molecular formula is C15H25N3O3. The fourth-order valence-corrected chi connectivity index (χ4v) is 2.57. The van der Waals surface area contributed by atoms with Gasteiger partial charge in [0.15, 0.2) is 5.82 Å². The van der Waals surface area contributed by atoms with Crippen LogP contribution in [0.2, 0.25) is 0 Å². The van der Waals surface area contributed by atoms with Gasteiger partial charge in [-0.15, -0.1) is 0 Å². The monoisotopic (exact) mass is 295 g/mol. The highest BCUT2D eigenvalue weighted by Crippen LogP contribution is 2.26. The van der Waals surface area contributed by atoms with E-state index in [0.717, 1.165) is 31.6 Å². The molecule has 0 saturated carbocycles. The summed E-state index contributed by atoms with van der Waals surface area (Å²) in [5.41, 5.74) is 0. The molecule has 0 aliphatic carbocycles. The second-order valence-electron chi connectivity index (χ2n) is 5.96. The molecule has 1 aliphatic rings. The van der Waals surface area contributed by atoms with Gasteiger partial charge in [0.2, 0.25) is 11.8 Å². The Morgan fingerprint density at radius 2 is 2.33 bits per heavy atom. The average molecular weight is 295 g/mol. The van der Waals surface area contributed by atoms with E-state index >= 15 is 0 Å². The predicted octanol–water partition coefficient (Wildman–Crippen LogP) is 2.01. The van der Waals surface area contributed by atoms with Crippen LogP contribution in [0, 0.1) is 5.92 Å². The molecule has 1 amide bonds. The van der Waals surface area contributed by atoms with Crippen molar-refractivity contribution in [3.05, 3.63) is 11.7 Å². The predicted molar refractivity (Wildman–Crippen MR) is 77.9 cm³/mol. The van der Waals surface area contributed by atoms with Crippen LogP contribution in [0.4, 0.5) is 0 Å². The first kappa shape index (κ1) is 15.9. The van der Waals surface area contributed by atoms with E-state index in [1.54, 1.807) is 0 Å². The molecule has 0 spiro atoms. The number of piperidine rings is 1. The summed E-state index contributed by atoms with van der Waals surface area (Å²) in [5, 5.41) is 4.04. The van der Waals surface area contributed by atoms with Crippen molar-refractivity contribution in [2.75, 3.05) is 26.3 Å². The van der Waals surface area contributed by atoms with E-state index in [-0.39, 0.29) is 18.4 Å². The lowest BCUT2D eigenvalue weighted by Crippen LogP contribution is -2.41. The topological polar surface area (TPSA) is 68.5 Å². The first-order valence-electron chi connectivity index (χ1n) is 7.78. The van der Waals surface area contributed by atoms with Crippen LogP contribution in [-0.2, 0) is 16.0 Å². The van der Waals surface area contributed by atoms with Gasteiger partial charge in [0.1, 0.15) is 6.61 Å². The number of carbonyl (C=O) groups is 1. The van der Waals surface area contributed by atoms with Crippen LogP contribution in [0.25, 0.3) is 0 Å². The standard InChI is InChI=1S/C15H25N3O3/c1-4-20-10-14(19)18-7-5-6-12(9-18)15-16-13(17-21-15)8-11(2)3/h11-12H,4-10H2,1-3H3/t12-/m1/s1. The van der Waals surface area contributed by atoms with Crippen LogP contribution in [-0.4, -0.2) is 47.3 Å². The zero-order chi connectivity index (χ0) is 15.2. The molecule has 2 rings (SSSR count). The number of ether oxygens (including phenoxy) is 1. The van der Waals surface area contributed by atoms with Crippen LogP contribution in [0.1, 0.15) is 51.2 Å². The Morgan fingerprint density at radius 3 is 3.05 bits per heavy atom. The molecule has 0 aromatic carbocycles. The number of amides is 1. The highest BCUT2D eigenvalue weighted by molar-refractivity contribution is 5.77. The molecule has 6 heteroatoms. The minimum atomic E-state index is 0.0449. The van der Waals surface area contributed by atoms with E-state index in [2.05, 4.69) is 24.0 Å². The summed E-state index contributed by atoms with van der Waals surface area (Å²) in [6, 6.07) is 0. The zero-order valence-corrected chi connectivity index (χ0v) is 13.2. The molecule has 0 N–H and O–H groups in total. The maximum absolute atomic E-state index is 12.0. The fourth-order valence-electron chi connectivity index (χ4n) is 2.57. The molecule has 21 heavy (non-hydrogen) atoms. The quantitative estimate of drug-likeness (QED) is 0.803. The highest BCUT2D eigenvalue weighted by atomic mass is 16.5. The highest BCUT2D eigenvalue weighted by Gasteiger charge is 2.28. The van der Waals surface area contributed by atoms with Crippen molar-refractivity contribution in [1.82, 2.24) is 15.0 Å². The minimum absolute atomic E-state index is 0.0449. The van der Waals surface area contributed by atoms with Crippen LogP contribution < -0.4 is 0 Å². The Morgan fingerprint density at radius 1 is 1.52 bits per heavy atom. The smallest absolute Gasteiger partial charge is 0.248 e. The number of carbonyl (C=O) groups excluding carboxylic acids is 1. The molecule has 1 aliphatic heterocycles. The van der Waals surface area contributed by atoms with E-state index in [1.807, 2.05) is 11.8 Å². The third-order valence-electron chi connectivity index (χ3n) is 3.63. The average Bonchev–Trinajstić information content (AvgIpc) is 2.92. The molecule has 1 fully saturated rings. The second kappa shape index (κ2) is 7.54. The molecule has 6 nitrogen and oxygen atoms in total. The van der Waals surface area contributed by atoms with Crippen LogP contribution in [0.5, 0.6) is 0 Å². The number of aromatic nitrogens is 2. The van der Waals surface area contributed by atoms with Gasteiger partial charge >= 0.3 is 0 Å². The summed E-state index contributed by atoms with van der Waals surface area (Å²) in [7, 11) is 0. The van der Waals surface area contributed by atoms with Crippen molar-refractivity contribution in [1.29, 1.82) is 0 Å².